The fourth-order valence-electron chi connectivity index (χ4n) is 1.46. The molecule has 12 heavy (non-hydrogen) atoms. The Balaban J connectivity index is 2.33. The minimum Gasteiger partial charge on any atom is -0.453 e. The Hall–Kier alpha value is 0. The predicted molar refractivity (Wildman–Crippen MR) is 55.6 cm³/mol. The molecule has 2 atom stereocenters. The number of ether oxygens (including phenoxy) is 1. The van der Waals surface area contributed by atoms with Gasteiger partial charge in [-0.05, 0) is 12.8 Å². The number of methoxy groups -OCH3 is 1. The van der Waals surface area contributed by atoms with Gasteiger partial charge in [-0.25, -0.2) is 4.79 Å². The summed E-state index contributed by atoms with van der Waals surface area (Å²) in [5.74, 6) is 0. The lowest BCUT2D eigenvalue weighted by molar-refractivity contribution is 0.164. The van der Waals surface area contributed by atoms with Gasteiger partial charge in [0.05, 0.1) is 7.11 Å². The third-order valence-electron chi connectivity index (χ3n) is 2.17. The third-order valence-corrected chi connectivity index (χ3v) is 3.66. The van der Waals surface area contributed by atoms with Crippen molar-refractivity contribution >= 4 is 28.7 Å². The van der Waals surface area contributed by atoms with Crippen molar-refractivity contribution in [2.75, 3.05) is 7.11 Å². The van der Waals surface area contributed by atoms with Crippen LogP contribution in [0.1, 0.15) is 25.7 Å². The van der Waals surface area contributed by atoms with Crippen LogP contribution in [0.5, 0.6) is 0 Å². The molecular weight excluding hydrogens is 269 g/mol. The van der Waals surface area contributed by atoms with Crippen molar-refractivity contribution in [3.8, 4) is 0 Å². The fraction of sp³-hybridized carbons (Fsp3) is 0.875. The van der Waals surface area contributed by atoms with Gasteiger partial charge in [-0.3, -0.25) is 0 Å². The van der Waals surface area contributed by atoms with Crippen molar-refractivity contribution in [2.24, 2.45) is 0 Å². The van der Waals surface area contributed by atoms with Crippen LogP contribution in [-0.4, -0.2) is 23.2 Å². The molecule has 0 spiro atoms. The summed E-state index contributed by atoms with van der Waals surface area (Å²) in [6.07, 6.45) is 4.49. The van der Waals surface area contributed by atoms with E-state index in [1.54, 1.807) is 0 Å². The van der Waals surface area contributed by atoms with Crippen molar-refractivity contribution in [2.45, 2.75) is 35.6 Å². The minimum absolute atomic E-state index is 0.302. The maximum Gasteiger partial charge on any atom is 0.407 e. The number of carbonyl (C=O) groups excluding carboxylic acids is 1. The highest BCUT2D eigenvalue weighted by Gasteiger charge is 2.23. The highest BCUT2D eigenvalue weighted by Crippen LogP contribution is 2.24. The normalized spacial score (nSPS) is 29.5. The van der Waals surface area contributed by atoms with Gasteiger partial charge < -0.3 is 10.1 Å². The monoisotopic (exact) mass is 283 g/mol. The van der Waals surface area contributed by atoms with E-state index in [2.05, 4.69) is 32.6 Å². The molecule has 0 aromatic heterocycles. The van der Waals surface area contributed by atoms with Gasteiger partial charge in [0.25, 0.3) is 0 Å². The van der Waals surface area contributed by atoms with Crippen molar-refractivity contribution in [3.63, 3.8) is 0 Å². The van der Waals surface area contributed by atoms with Crippen LogP contribution < -0.4 is 5.32 Å². The SMILES string of the molecule is COC(=O)N[C@H]1CCCC[C@@H]1I. The van der Waals surface area contributed by atoms with Crippen LogP contribution in [0, 0.1) is 0 Å². The second-order valence-electron chi connectivity index (χ2n) is 3.04. The van der Waals surface area contributed by atoms with Gasteiger partial charge >= 0.3 is 6.09 Å². The fourth-order valence-corrected chi connectivity index (χ4v) is 2.44. The number of alkyl carbamates (subject to hydrolysis) is 1. The number of hydrogen-bond donors (Lipinski definition) is 1. The average Bonchev–Trinajstić information content (AvgIpc) is 2.09. The highest BCUT2D eigenvalue weighted by atomic mass is 127. The smallest absolute Gasteiger partial charge is 0.407 e. The lowest BCUT2D eigenvalue weighted by Gasteiger charge is -2.27. The quantitative estimate of drug-likeness (QED) is 0.591. The molecule has 1 rings (SSSR count). The van der Waals surface area contributed by atoms with Crippen molar-refractivity contribution in [3.05, 3.63) is 0 Å². The first-order valence-corrected chi connectivity index (χ1v) is 5.47. The first-order chi connectivity index (χ1) is 5.74. The lowest BCUT2D eigenvalue weighted by Crippen LogP contribution is -2.42. The Bertz CT molecular complexity index is 163. The molecule has 0 unspecified atom stereocenters. The molecule has 1 aliphatic carbocycles. The number of carbonyl (C=O) groups is 1. The number of halogens is 1. The van der Waals surface area contributed by atoms with Gasteiger partial charge in [0, 0.05) is 9.97 Å². The molecule has 0 aromatic rings. The number of nitrogens with one attached hydrogen (secondary N) is 1. The van der Waals surface area contributed by atoms with E-state index in [1.165, 1.54) is 26.4 Å². The van der Waals surface area contributed by atoms with E-state index in [9.17, 15) is 4.79 Å². The Kier molecular flexibility index (Phi) is 4.11. The lowest BCUT2D eigenvalue weighted by atomic mass is 9.96. The predicted octanol–water partition coefficient (Wildman–Crippen LogP) is 2.09. The molecule has 0 saturated heterocycles. The third kappa shape index (κ3) is 2.80. The molecule has 1 fully saturated rings. The molecule has 0 aromatic carbocycles. The van der Waals surface area contributed by atoms with E-state index in [-0.39, 0.29) is 6.09 Å². The van der Waals surface area contributed by atoms with E-state index in [0.717, 1.165) is 6.42 Å². The summed E-state index contributed by atoms with van der Waals surface area (Å²) in [5, 5.41) is 2.85. The Morgan fingerprint density at radius 3 is 2.75 bits per heavy atom. The summed E-state index contributed by atoms with van der Waals surface area (Å²) in [7, 11) is 1.40. The highest BCUT2D eigenvalue weighted by molar-refractivity contribution is 14.1. The standard InChI is InChI=1S/C8H14INO2/c1-12-8(11)10-7-5-3-2-4-6(7)9/h6-7H,2-5H2,1H3,(H,10,11)/t6-,7-/m0/s1. The number of hydrogen-bond acceptors (Lipinski definition) is 2. The van der Waals surface area contributed by atoms with Crippen LogP contribution in [0.15, 0.2) is 0 Å². The summed E-state index contributed by atoms with van der Waals surface area (Å²) < 4.78 is 5.11. The minimum atomic E-state index is -0.302. The van der Waals surface area contributed by atoms with Gasteiger partial charge in [-0.1, -0.05) is 35.4 Å². The summed E-state index contributed by atoms with van der Waals surface area (Å²) in [6.45, 7) is 0. The Morgan fingerprint density at radius 2 is 2.17 bits per heavy atom. The maximum absolute atomic E-state index is 10.9. The van der Waals surface area contributed by atoms with Gasteiger partial charge in [0.15, 0.2) is 0 Å². The molecule has 0 radical (unpaired) electrons. The van der Waals surface area contributed by atoms with Crippen molar-refractivity contribution in [1.82, 2.24) is 5.32 Å². The molecule has 0 bridgehead atoms. The molecule has 0 aliphatic heterocycles. The summed E-state index contributed by atoms with van der Waals surface area (Å²) in [6, 6.07) is 0.312. The summed E-state index contributed by atoms with van der Waals surface area (Å²) in [4.78, 5) is 10.9. The zero-order valence-electron chi connectivity index (χ0n) is 7.18. The zero-order chi connectivity index (χ0) is 8.97. The topological polar surface area (TPSA) is 38.3 Å². The first kappa shape index (κ1) is 10.1. The van der Waals surface area contributed by atoms with Crippen LogP contribution in [0.25, 0.3) is 0 Å². The van der Waals surface area contributed by atoms with E-state index in [0.29, 0.717) is 9.97 Å². The molecule has 1 saturated carbocycles. The van der Waals surface area contributed by atoms with E-state index in [4.69, 9.17) is 0 Å². The van der Waals surface area contributed by atoms with E-state index < -0.39 is 0 Å². The van der Waals surface area contributed by atoms with E-state index >= 15 is 0 Å². The molecule has 1 aliphatic rings. The van der Waals surface area contributed by atoms with Gasteiger partial charge in [-0.2, -0.15) is 0 Å². The van der Waals surface area contributed by atoms with Crippen molar-refractivity contribution in [1.29, 1.82) is 0 Å². The number of rotatable bonds is 1. The Labute approximate surface area is 86.4 Å². The average molecular weight is 283 g/mol. The molecule has 3 nitrogen and oxygen atoms in total. The Morgan fingerprint density at radius 1 is 1.50 bits per heavy atom. The van der Waals surface area contributed by atoms with Crippen LogP contribution in [-0.2, 0) is 4.74 Å². The van der Waals surface area contributed by atoms with Gasteiger partial charge in [0.1, 0.15) is 0 Å². The molecular formula is C8H14INO2. The second-order valence-corrected chi connectivity index (χ2v) is 4.64. The second kappa shape index (κ2) is 4.89. The first-order valence-electron chi connectivity index (χ1n) is 4.22. The number of alkyl halides is 1. The number of amides is 1. The molecule has 1 amide bonds. The summed E-state index contributed by atoms with van der Waals surface area (Å²) >= 11 is 2.40. The van der Waals surface area contributed by atoms with Crippen LogP contribution >= 0.6 is 22.6 Å². The summed E-state index contributed by atoms with van der Waals surface area (Å²) in [5.41, 5.74) is 0. The van der Waals surface area contributed by atoms with Crippen LogP contribution in [0.4, 0.5) is 4.79 Å². The molecule has 0 heterocycles. The van der Waals surface area contributed by atoms with Gasteiger partial charge in [-0.15, -0.1) is 0 Å². The molecule has 1 N–H and O–H groups in total. The van der Waals surface area contributed by atoms with Crippen molar-refractivity contribution < 1.29 is 9.53 Å². The molecule has 70 valence electrons. The molecule has 4 heteroatoms. The largest absolute Gasteiger partial charge is 0.453 e. The zero-order valence-corrected chi connectivity index (χ0v) is 9.34. The van der Waals surface area contributed by atoms with Crippen LogP contribution in [0.3, 0.4) is 0 Å². The van der Waals surface area contributed by atoms with Gasteiger partial charge in [0.2, 0.25) is 0 Å². The maximum atomic E-state index is 10.9. The van der Waals surface area contributed by atoms with Crippen LogP contribution in [0.2, 0.25) is 0 Å². The van der Waals surface area contributed by atoms with E-state index in [1.807, 2.05) is 0 Å².